The van der Waals surface area contributed by atoms with Gasteiger partial charge in [-0.3, -0.25) is 4.79 Å². The molecule has 0 radical (unpaired) electrons. The summed E-state index contributed by atoms with van der Waals surface area (Å²) in [6, 6.07) is 3.92. The van der Waals surface area contributed by atoms with Gasteiger partial charge in [0.25, 0.3) is 0 Å². The SMILES string of the molecule is COCC(=O)N(Cc1ccc(C)o1)C(C)C. The van der Waals surface area contributed by atoms with E-state index in [9.17, 15) is 4.79 Å². The Morgan fingerprint density at radius 3 is 2.62 bits per heavy atom. The van der Waals surface area contributed by atoms with E-state index >= 15 is 0 Å². The quantitative estimate of drug-likeness (QED) is 0.769. The minimum absolute atomic E-state index is 0.0217. The van der Waals surface area contributed by atoms with Crippen LogP contribution in [0.4, 0.5) is 0 Å². The molecular weight excluding hydrogens is 206 g/mol. The van der Waals surface area contributed by atoms with Gasteiger partial charge >= 0.3 is 0 Å². The molecule has 0 saturated heterocycles. The van der Waals surface area contributed by atoms with Crippen molar-refractivity contribution < 1.29 is 13.9 Å². The fourth-order valence-corrected chi connectivity index (χ4v) is 1.50. The smallest absolute Gasteiger partial charge is 0.249 e. The van der Waals surface area contributed by atoms with Gasteiger partial charge in [-0.15, -0.1) is 0 Å². The predicted molar refractivity (Wildman–Crippen MR) is 61.0 cm³/mol. The number of aryl methyl sites for hydroxylation is 1. The fourth-order valence-electron chi connectivity index (χ4n) is 1.50. The highest BCUT2D eigenvalue weighted by Crippen LogP contribution is 2.12. The summed E-state index contributed by atoms with van der Waals surface area (Å²) >= 11 is 0. The average Bonchev–Trinajstić information content (AvgIpc) is 2.60. The molecule has 0 saturated carbocycles. The van der Waals surface area contributed by atoms with Crippen LogP contribution >= 0.6 is 0 Å². The minimum atomic E-state index is -0.0217. The van der Waals surface area contributed by atoms with Crippen LogP contribution in [0, 0.1) is 6.92 Å². The van der Waals surface area contributed by atoms with Gasteiger partial charge in [-0.05, 0) is 32.9 Å². The van der Waals surface area contributed by atoms with Crippen LogP contribution in [0.25, 0.3) is 0 Å². The molecule has 0 aliphatic rings. The van der Waals surface area contributed by atoms with E-state index in [0.29, 0.717) is 6.54 Å². The maximum absolute atomic E-state index is 11.8. The third kappa shape index (κ3) is 3.38. The summed E-state index contributed by atoms with van der Waals surface area (Å²) in [5.41, 5.74) is 0. The zero-order valence-electron chi connectivity index (χ0n) is 10.3. The van der Waals surface area contributed by atoms with Crippen molar-refractivity contribution in [3.63, 3.8) is 0 Å². The summed E-state index contributed by atoms with van der Waals surface area (Å²) in [4.78, 5) is 13.5. The average molecular weight is 225 g/mol. The first-order valence-corrected chi connectivity index (χ1v) is 5.38. The van der Waals surface area contributed by atoms with Crippen molar-refractivity contribution in [3.05, 3.63) is 23.7 Å². The molecule has 0 fully saturated rings. The van der Waals surface area contributed by atoms with Crippen molar-refractivity contribution in [1.29, 1.82) is 0 Å². The molecule has 1 rings (SSSR count). The van der Waals surface area contributed by atoms with Crippen LogP contribution in [-0.4, -0.2) is 30.6 Å². The fraction of sp³-hybridized carbons (Fsp3) is 0.583. The molecule has 1 aromatic heterocycles. The molecule has 0 aliphatic heterocycles. The standard InChI is InChI=1S/C12H19NO3/c1-9(2)13(12(14)8-15-4)7-11-6-5-10(3)16-11/h5-6,9H,7-8H2,1-4H3. The first-order chi connectivity index (χ1) is 7.54. The zero-order chi connectivity index (χ0) is 12.1. The van der Waals surface area contributed by atoms with Crippen molar-refractivity contribution in [2.45, 2.75) is 33.4 Å². The normalized spacial score (nSPS) is 10.8. The van der Waals surface area contributed by atoms with Gasteiger partial charge in [0.05, 0.1) is 6.54 Å². The number of rotatable bonds is 5. The Kier molecular flexibility index (Phi) is 4.55. The molecule has 0 spiro atoms. The van der Waals surface area contributed by atoms with Crippen LogP contribution in [0.3, 0.4) is 0 Å². The molecule has 0 aliphatic carbocycles. The second-order valence-corrected chi connectivity index (χ2v) is 4.06. The van der Waals surface area contributed by atoms with Gasteiger partial charge < -0.3 is 14.1 Å². The lowest BCUT2D eigenvalue weighted by atomic mass is 10.3. The van der Waals surface area contributed by atoms with E-state index in [1.165, 1.54) is 7.11 Å². The molecule has 4 nitrogen and oxygen atoms in total. The molecule has 0 bridgehead atoms. The summed E-state index contributed by atoms with van der Waals surface area (Å²) in [7, 11) is 1.52. The van der Waals surface area contributed by atoms with Crippen LogP contribution in [-0.2, 0) is 16.1 Å². The number of hydrogen-bond acceptors (Lipinski definition) is 3. The number of amides is 1. The van der Waals surface area contributed by atoms with Gasteiger partial charge in [0, 0.05) is 13.2 Å². The van der Waals surface area contributed by atoms with Gasteiger partial charge in [-0.2, -0.15) is 0 Å². The second kappa shape index (κ2) is 5.70. The Balaban J connectivity index is 2.68. The summed E-state index contributed by atoms with van der Waals surface area (Å²) < 4.78 is 10.3. The summed E-state index contributed by atoms with van der Waals surface area (Å²) in [6.45, 7) is 6.44. The number of carbonyl (C=O) groups excluding carboxylic acids is 1. The van der Waals surface area contributed by atoms with E-state index < -0.39 is 0 Å². The molecule has 16 heavy (non-hydrogen) atoms. The van der Waals surface area contributed by atoms with E-state index in [1.54, 1.807) is 4.90 Å². The number of methoxy groups -OCH3 is 1. The van der Waals surface area contributed by atoms with Gasteiger partial charge in [0.2, 0.25) is 5.91 Å². The number of furan rings is 1. The van der Waals surface area contributed by atoms with E-state index in [4.69, 9.17) is 9.15 Å². The van der Waals surface area contributed by atoms with E-state index in [0.717, 1.165) is 11.5 Å². The number of hydrogen-bond donors (Lipinski definition) is 0. The first kappa shape index (κ1) is 12.8. The van der Waals surface area contributed by atoms with E-state index in [-0.39, 0.29) is 18.6 Å². The number of ether oxygens (including phenoxy) is 1. The lowest BCUT2D eigenvalue weighted by molar-refractivity contribution is -0.137. The molecule has 1 amide bonds. The van der Waals surface area contributed by atoms with Crippen LogP contribution in [0.2, 0.25) is 0 Å². The van der Waals surface area contributed by atoms with E-state index in [1.807, 2.05) is 32.9 Å². The van der Waals surface area contributed by atoms with Gasteiger partial charge in [-0.1, -0.05) is 0 Å². The molecule has 0 unspecified atom stereocenters. The van der Waals surface area contributed by atoms with Crippen molar-refractivity contribution in [2.75, 3.05) is 13.7 Å². The molecule has 4 heteroatoms. The van der Waals surface area contributed by atoms with Crippen LogP contribution in [0.5, 0.6) is 0 Å². The van der Waals surface area contributed by atoms with Crippen LogP contribution in [0.15, 0.2) is 16.5 Å². The largest absolute Gasteiger partial charge is 0.464 e. The number of nitrogens with zero attached hydrogens (tertiary/aromatic N) is 1. The van der Waals surface area contributed by atoms with E-state index in [2.05, 4.69) is 0 Å². The molecule has 1 heterocycles. The molecule has 90 valence electrons. The molecule has 0 aromatic carbocycles. The Bertz CT molecular complexity index is 344. The second-order valence-electron chi connectivity index (χ2n) is 4.06. The number of carbonyl (C=O) groups is 1. The molecule has 0 atom stereocenters. The lowest BCUT2D eigenvalue weighted by Gasteiger charge is -2.25. The molecule has 1 aromatic rings. The minimum Gasteiger partial charge on any atom is -0.464 e. The lowest BCUT2D eigenvalue weighted by Crippen LogP contribution is -2.38. The molecular formula is C12H19NO3. The van der Waals surface area contributed by atoms with Crippen LogP contribution in [0.1, 0.15) is 25.4 Å². The highest BCUT2D eigenvalue weighted by Gasteiger charge is 2.18. The van der Waals surface area contributed by atoms with Crippen molar-refractivity contribution in [3.8, 4) is 0 Å². The van der Waals surface area contributed by atoms with Crippen LogP contribution < -0.4 is 0 Å². The summed E-state index contributed by atoms with van der Waals surface area (Å²) in [5, 5.41) is 0. The van der Waals surface area contributed by atoms with Gasteiger partial charge in [-0.25, -0.2) is 0 Å². The highest BCUT2D eigenvalue weighted by atomic mass is 16.5. The Morgan fingerprint density at radius 2 is 2.19 bits per heavy atom. The Hall–Kier alpha value is -1.29. The monoisotopic (exact) mass is 225 g/mol. The molecule has 0 N–H and O–H groups in total. The van der Waals surface area contributed by atoms with Crippen molar-refractivity contribution >= 4 is 5.91 Å². The predicted octanol–water partition coefficient (Wildman–Crippen LogP) is 1.97. The Morgan fingerprint density at radius 1 is 1.50 bits per heavy atom. The topological polar surface area (TPSA) is 42.7 Å². The third-order valence-corrected chi connectivity index (χ3v) is 2.33. The highest BCUT2D eigenvalue weighted by molar-refractivity contribution is 5.77. The van der Waals surface area contributed by atoms with Crippen molar-refractivity contribution in [2.24, 2.45) is 0 Å². The first-order valence-electron chi connectivity index (χ1n) is 5.38. The summed E-state index contributed by atoms with van der Waals surface area (Å²) in [5.74, 6) is 1.64. The summed E-state index contributed by atoms with van der Waals surface area (Å²) in [6.07, 6.45) is 0. The maximum atomic E-state index is 11.8. The maximum Gasteiger partial charge on any atom is 0.249 e. The zero-order valence-corrected chi connectivity index (χ0v) is 10.3. The van der Waals surface area contributed by atoms with Crippen molar-refractivity contribution in [1.82, 2.24) is 4.90 Å². The van der Waals surface area contributed by atoms with Gasteiger partial charge in [0.1, 0.15) is 18.1 Å². The Labute approximate surface area is 96.2 Å². The third-order valence-electron chi connectivity index (χ3n) is 2.33. The van der Waals surface area contributed by atoms with Gasteiger partial charge in [0.15, 0.2) is 0 Å².